The zero-order valence-electron chi connectivity index (χ0n) is 12.9. The van der Waals surface area contributed by atoms with Gasteiger partial charge >= 0.3 is 0 Å². The molecule has 0 bridgehead atoms. The van der Waals surface area contributed by atoms with Crippen LogP contribution in [-0.2, 0) is 12.3 Å². The highest BCUT2D eigenvalue weighted by Crippen LogP contribution is 2.29. The van der Waals surface area contributed by atoms with E-state index in [4.69, 9.17) is 0 Å². The Hall–Kier alpha value is -1.32. The van der Waals surface area contributed by atoms with E-state index in [0.717, 1.165) is 22.8 Å². The SMILES string of the molecule is CCNCc1cccc(F)c1SCc1cc(C)cc(C)c1. The van der Waals surface area contributed by atoms with E-state index in [1.54, 1.807) is 23.9 Å². The van der Waals surface area contributed by atoms with Gasteiger partial charge in [0.15, 0.2) is 0 Å². The van der Waals surface area contributed by atoms with Gasteiger partial charge in [-0.3, -0.25) is 0 Å². The molecule has 0 saturated carbocycles. The lowest BCUT2D eigenvalue weighted by Gasteiger charge is -2.11. The van der Waals surface area contributed by atoms with Crippen LogP contribution in [0.5, 0.6) is 0 Å². The van der Waals surface area contributed by atoms with Gasteiger partial charge in [0.25, 0.3) is 0 Å². The van der Waals surface area contributed by atoms with Gasteiger partial charge in [-0.25, -0.2) is 4.39 Å². The lowest BCUT2D eigenvalue weighted by molar-refractivity contribution is 0.591. The van der Waals surface area contributed by atoms with Crippen molar-refractivity contribution < 1.29 is 4.39 Å². The second-order valence-corrected chi connectivity index (χ2v) is 6.28. The summed E-state index contributed by atoms with van der Waals surface area (Å²) in [5, 5.41) is 3.27. The molecule has 1 N–H and O–H groups in total. The Morgan fingerprint density at radius 3 is 2.48 bits per heavy atom. The second kappa shape index (κ2) is 7.62. The highest BCUT2D eigenvalue weighted by molar-refractivity contribution is 7.98. The maximum absolute atomic E-state index is 14.1. The van der Waals surface area contributed by atoms with Gasteiger partial charge in [-0.05, 0) is 37.6 Å². The Labute approximate surface area is 131 Å². The third-order valence-electron chi connectivity index (χ3n) is 3.28. The van der Waals surface area contributed by atoms with Crippen molar-refractivity contribution in [2.75, 3.05) is 6.54 Å². The highest BCUT2D eigenvalue weighted by atomic mass is 32.2. The second-order valence-electron chi connectivity index (χ2n) is 5.29. The predicted octanol–water partition coefficient (Wildman–Crippen LogP) is 4.84. The predicted molar refractivity (Wildman–Crippen MR) is 89.3 cm³/mol. The summed E-state index contributed by atoms with van der Waals surface area (Å²) in [6.07, 6.45) is 0. The molecule has 0 aliphatic rings. The van der Waals surface area contributed by atoms with E-state index in [2.05, 4.69) is 44.3 Å². The molecule has 0 aliphatic carbocycles. The third-order valence-corrected chi connectivity index (χ3v) is 4.50. The molecular weight excluding hydrogens is 281 g/mol. The summed E-state index contributed by atoms with van der Waals surface area (Å²) < 4.78 is 14.1. The molecule has 3 heteroatoms. The molecule has 112 valence electrons. The summed E-state index contributed by atoms with van der Waals surface area (Å²) in [5.41, 5.74) is 4.79. The van der Waals surface area contributed by atoms with E-state index in [-0.39, 0.29) is 5.82 Å². The van der Waals surface area contributed by atoms with Gasteiger partial charge < -0.3 is 5.32 Å². The van der Waals surface area contributed by atoms with E-state index in [0.29, 0.717) is 6.54 Å². The molecule has 2 rings (SSSR count). The largest absolute Gasteiger partial charge is 0.313 e. The number of thioether (sulfide) groups is 1. The van der Waals surface area contributed by atoms with Crippen LogP contribution in [-0.4, -0.2) is 6.54 Å². The monoisotopic (exact) mass is 303 g/mol. The molecule has 0 saturated heterocycles. The molecular formula is C18H22FNS. The summed E-state index contributed by atoms with van der Waals surface area (Å²) >= 11 is 1.58. The van der Waals surface area contributed by atoms with Crippen molar-refractivity contribution in [3.8, 4) is 0 Å². The minimum absolute atomic E-state index is 0.125. The Morgan fingerprint density at radius 1 is 1.10 bits per heavy atom. The first-order valence-electron chi connectivity index (χ1n) is 7.28. The quantitative estimate of drug-likeness (QED) is 0.766. The minimum Gasteiger partial charge on any atom is -0.313 e. The molecule has 2 aromatic carbocycles. The number of aryl methyl sites for hydroxylation is 2. The number of hydrogen-bond acceptors (Lipinski definition) is 2. The van der Waals surface area contributed by atoms with Crippen LogP contribution in [0.15, 0.2) is 41.3 Å². The highest BCUT2D eigenvalue weighted by Gasteiger charge is 2.09. The molecule has 0 amide bonds. The molecule has 21 heavy (non-hydrogen) atoms. The summed E-state index contributed by atoms with van der Waals surface area (Å²) in [5.74, 6) is 0.669. The van der Waals surface area contributed by atoms with E-state index in [1.165, 1.54) is 16.7 Å². The minimum atomic E-state index is -0.125. The van der Waals surface area contributed by atoms with Gasteiger partial charge in [-0.15, -0.1) is 11.8 Å². The van der Waals surface area contributed by atoms with Gasteiger partial charge in [-0.1, -0.05) is 48.4 Å². The number of halogens is 1. The topological polar surface area (TPSA) is 12.0 Å². The molecule has 0 atom stereocenters. The molecule has 0 heterocycles. The van der Waals surface area contributed by atoms with Crippen molar-refractivity contribution in [2.45, 2.75) is 38.0 Å². The van der Waals surface area contributed by atoms with Crippen LogP contribution in [0.25, 0.3) is 0 Å². The van der Waals surface area contributed by atoms with E-state index >= 15 is 0 Å². The summed E-state index contributed by atoms with van der Waals surface area (Å²) in [7, 11) is 0. The Kier molecular flexibility index (Phi) is 5.83. The first-order valence-corrected chi connectivity index (χ1v) is 8.26. The van der Waals surface area contributed by atoms with Crippen LogP contribution in [0.2, 0.25) is 0 Å². The Balaban J connectivity index is 2.15. The maximum Gasteiger partial charge on any atom is 0.137 e. The summed E-state index contributed by atoms with van der Waals surface area (Å²) in [4.78, 5) is 0.762. The van der Waals surface area contributed by atoms with Crippen LogP contribution in [0, 0.1) is 19.7 Å². The Bertz CT molecular complexity index is 590. The van der Waals surface area contributed by atoms with E-state index in [1.807, 2.05) is 6.07 Å². The number of benzene rings is 2. The number of hydrogen-bond donors (Lipinski definition) is 1. The zero-order valence-corrected chi connectivity index (χ0v) is 13.7. The van der Waals surface area contributed by atoms with Crippen LogP contribution in [0.3, 0.4) is 0 Å². The first-order chi connectivity index (χ1) is 10.1. The fraction of sp³-hybridized carbons (Fsp3) is 0.333. The van der Waals surface area contributed by atoms with Gasteiger partial charge in [0, 0.05) is 17.2 Å². The van der Waals surface area contributed by atoms with Crippen molar-refractivity contribution in [2.24, 2.45) is 0 Å². The molecule has 0 radical (unpaired) electrons. The van der Waals surface area contributed by atoms with Crippen molar-refractivity contribution in [1.82, 2.24) is 5.32 Å². The van der Waals surface area contributed by atoms with Crippen LogP contribution in [0.1, 0.15) is 29.2 Å². The van der Waals surface area contributed by atoms with Gasteiger partial charge in [-0.2, -0.15) is 0 Å². The summed E-state index contributed by atoms with van der Waals surface area (Å²) in [6, 6.07) is 11.8. The number of nitrogens with one attached hydrogen (secondary N) is 1. The van der Waals surface area contributed by atoms with Crippen LogP contribution < -0.4 is 5.32 Å². The van der Waals surface area contributed by atoms with Crippen LogP contribution >= 0.6 is 11.8 Å². The molecule has 0 unspecified atom stereocenters. The lowest BCUT2D eigenvalue weighted by Crippen LogP contribution is -2.12. The van der Waals surface area contributed by atoms with Crippen molar-refractivity contribution in [3.63, 3.8) is 0 Å². The fourth-order valence-corrected chi connectivity index (χ4v) is 3.43. The fourth-order valence-electron chi connectivity index (χ4n) is 2.42. The van der Waals surface area contributed by atoms with Gasteiger partial charge in [0.05, 0.1) is 0 Å². The molecule has 0 fully saturated rings. The third kappa shape index (κ3) is 4.58. The van der Waals surface area contributed by atoms with Crippen molar-refractivity contribution in [3.05, 3.63) is 64.5 Å². The normalized spacial score (nSPS) is 10.9. The first kappa shape index (κ1) is 16.1. The van der Waals surface area contributed by atoms with E-state index in [9.17, 15) is 4.39 Å². The smallest absolute Gasteiger partial charge is 0.137 e. The van der Waals surface area contributed by atoms with Crippen molar-refractivity contribution >= 4 is 11.8 Å². The molecule has 1 nitrogen and oxygen atoms in total. The van der Waals surface area contributed by atoms with Gasteiger partial charge in [0.2, 0.25) is 0 Å². The molecule has 0 spiro atoms. The molecule has 0 aromatic heterocycles. The van der Waals surface area contributed by atoms with Crippen LogP contribution in [0.4, 0.5) is 4.39 Å². The van der Waals surface area contributed by atoms with Gasteiger partial charge in [0.1, 0.15) is 5.82 Å². The zero-order chi connectivity index (χ0) is 15.2. The maximum atomic E-state index is 14.1. The molecule has 0 aliphatic heterocycles. The average molecular weight is 303 g/mol. The van der Waals surface area contributed by atoms with Crippen molar-refractivity contribution in [1.29, 1.82) is 0 Å². The summed E-state index contributed by atoms with van der Waals surface area (Å²) in [6.45, 7) is 7.85. The Morgan fingerprint density at radius 2 is 1.81 bits per heavy atom. The molecule has 2 aromatic rings. The average Bonchev–Trinajstić information content (AvgIpc) is 2.43. The standard InChI is InChI=1S/C18H22FNS/c1-4-20-11-16-6-5-7-17(19)18(16)21-12-15-9-13(2)8-14(3)10-15/h5-10,20H,4,11-12H2,1-3H3. The lowest BCUT2D eigenvalue weighted by atomic mass is 10.1. The van der Waals surface area contributed by atoms with E-state index < -0.39 is 0 Å². The number of rotatable bonds is 6.